The average Bonchev–Trinajstić information content (AvgIpc) is 2.72. The van der Waals surface area contributed by atoms with Crippen molar-refractivity contribution < 1.29 is 26.3 Å². The molecule has 1 aromatic carbocycles. The van der Waals surface area contributed by atoms with Gasteiger partial charge in [0, 0.05) is 17.5 Å². The quantitative estimate of drug-likeness (QED) is 0.494. The van der Waals surface area contributed by atoms with Crippen LogP contribution in [-0.4, -0.2) is 21.7 Å². The summed E-state index contributed by atoms with van der Waals surface area (Å²) in [5, 5.41) is 2.79. The maximum absolute atomic E-state index is 12.9. The Morgan fingerprint density at radius 3 is 2.29 bits per heavy atom. The van der Waals surface area contributed by atoms with E-state index in [1.165, 1.54) is 25.2 Å². The van der Waals surface area contributed by atoms with Gasteiger partial charge in [-0.1, -0.05) is 23.7 Å². The minimum absolute atomic E-state index is 0.00199. The Balaban J connectivity index is 2.45. The molecule has 2 rings (SSSR count). The second-order valence-corrected chi connectivity index (χ2v) is 6.41. The number of rotatable bonds is 3. The first-order valence-corrected chi connectivity index (χ1v) is 7.87. The molecule has 0 aliphatic heterocycles. The van der Waals surface area contributed by atoms with Gasteiger partial charge in [-0.3, -0.25) is 4.68 Å². The van der Waals surface area contributed by atoms with Gasteiger partial charge in [-0.2, -0.15) is 31.4 Å². The maximum Gasteiger partial charge on any atom is 0.436 e. The van der Waals surface area contributed by atoms with Crippen molar-refractivity contribution in [3.63, 3.8) is 0 Å². The summed E-state index contributed by atoms with van der Waals surface area (Å²) in [6.45, 7) is 1.62. The van der Waals surface area contributed by atoms with Crippen LogP contribution in [0.2, 0.25) is 5.02 Å². The van der Waals surface area contributed by atoms with Crippen molar-refractivity contribution in [3.05, 3.63) is 34.5 Å². The molecule has 1 aromatic heterocycles. The van der Waals surface area contributed by atoms with Crippen LogP contribution in [-0.2, 0) is 13.2 Å². The Labute approximate surface area is 142 Å². The van der Waals surface area contributed by atoms with Gasteiger partial charge in [0.25, 0.3) is 0 Å². The number of alkyl halides is 6. The lowest BCUT2D eigenvalue weighted by Crippen LogP contribution is -2.10. The number of hydrogen-bond donors (Lipinski definition) is 0. The summed E-state index contributed by atoms with van der Waals surface area (Å²) in [5.41, 5.74) is -0.382. The summed E-state index contributed by atoms with van der Waals surface area (Å²) in [6.07, 6.45) is -9.06. The first-order chi connectivity index (χ1) is 10.9. The van der Waals surface area contributed by atoms with Gasteiger partial charge in [0.05, 0.1) is 16.5 Å². The van der Waals surface area contributed by atoms with E-state index in [-0.39, 0.29) is 11.3 Å². The standard InChI is InChI=1S/C14H11ClF6N2S/c1-7-3-4-8(5-9(7)24-6-13(16,17)18)11-10(15)12(14(19,20)21)22-23(11)2/h3-5H,6H2,1-2H3. The molecule has 0 N–H and O–H groups in total. The van der Waals surface area contributed by atoms with Crippen LogP contribution in [0.4, 0.5) is 26.3 Å². The predicted molar refractivity (Wildman–Crippen MR) is 80.2 cm³/mol. The molecule has 24 heavy (non-hydrogen) atoms. The Morgan fingerprint density at radius 1 is 1.17 bits per heavy atom. The summed E-state index contributed by atoms with van der Waals surface area (Å²) in [7, 11) is 1.29. The summed E-state index contributed by atoms with van der Waals surface area (Å²) in [4.78, 5) is 0.315. The molecule has 2 aromatic rings. The zero-order chi connectivity index (χ0) is 18.3. The summed E-state index contributed by atoms with van der Waals surface area (Å²) in [6, 6.07) is 4.41. The Kier molecular flexibility index (Phi) is 5.15. The number of halogens is 7. The zero-order valence-electron chi connectivity index (χ0n) is 12.4. The van der Waals surface area contributed by atoms with E-state index < -0.39 is 28.8 Å². The highest BCUT2D eigenvalue weighted by atomic mass is 35.5. The molecule has 0 fully saturated rings. The van der Waals surface area contributed by atoms with Crippen LogP contribution < -0.4 is 0 Å². The summed E-state index contributed by atoms with van der Waals surface area (Å²) >= 11 is 6.37. The molecule has 132 valence electrons. The number of benzene rings is 1. The van der Waals surface area contributed by atoms with E-state index >= 15 is 0 Å². The number of hydrogen-bond acceptors (Lipinski definition) is 2. The molecule has 0 saturated heterocycles. The lowest BCUT2D eigenvalue weighted by Gasteiger charge is -2.11. The van der Waals surface area contributed by atoms with Crippen LogP contribution >= 0.6 is 23.4 Å². The monoisotopic (exact) mass is 388 g/mol. The largest absolute Gasteiger partial charge is 0.436 e. The van der Waals surface area contributed by atoms with Gasteiger partial charge < -0.3 is 0 Å². The van der Waals surface area contributed by atoms with Gasteiger partial charge in [0.2, 0.25) is 0 Å². The third kappa shape index (κ3) is 4.18. The van der Waals surface area contributed by atoms with E-state index in [0.717, 1.165) is 4.68 Å². The van der Waals surface area contributed by atoms with Crippen molar-refractivity contribution in [2.24, 2.45) is 7.05 Å². The van der Waals surface area contributed by atoms with Crippen molar-refractivity contribution in [1.29, 1.82) is 0 Å². The average molecular weight is 389 g/mol. The van der Waals surface area contributed by atoms with Crippen molar-refractivity contribution in [2.45, 2.75) is 24.2 Å². The second kappa shape index (κ2) is 6.51. The van der Waals surface area contributed by atoms with Gasteiger partial charge in [-0.05, 0) is 18.6 Å². The maximum atomic E-state index is 12.9. The third-order valence-corrected chi connectivity index (χ3v) is 4.69. The third-order valence-electron chi connectivity index (χ3n) is 3.11. The van der Waals surface area contributed by atoms with Crippen molar-refractivity contribution in [3.8, 4) is 11.3 Å². The van der Waals surface area contributed by atoms with Gasteiger partial charge in [0.1, 0.15) is 0 Å². The zero-order valence-corrected chi connectivity index (χ0v) is 14.0. The molecular weight excluding hydrogens is 378 g/mol. The Bertz CT molecular complexity index is 751. The Hall–Kier alpha value is -1.35. The molecular formula is C14H11ClF6N2S. The fourth-order valence-corrected chi connectivity index (χ4v) is 3.26. The molecule has 0 unspecified atom stereocenters. The van der Waals surface area contributed by atoms with Crippen LogP contribution in [0.15, 0.2) is 23.1 Å². The van der Waals surface area contributed by atoms with E-state index in [0.29, 0.717) is 22.2 Å². The fraction of sp³-hybridized carbons (Fsp3) is 0.357. The SMILES string of the molecule is Cc1ccc(-c2c(Cl)c(C(F)(F)F)nn2C)cc1SCC(F)(F)F. The smallest absolute Gasteiger partial charge is 0.266 e. The summed E-state index contributed by atoms with van der Waals surface area (Å²) in [5.74, 6) is -1.09. The van der Waals surface area contributed by atoms with Crippen LogP contribution in [0.3, 0.4) is 0 Å². The topological polar surface area (TPSA) is 17.8 Å². The van der Waals surface area contributed by atoms with Crippen LogP contribution in [0.5, 0.6) is 0 Å². The highest BCUT2D eigenvalue weighted by Crippen LogP contribution is 2.40. The second-order valence-electron chi connectivity index (χ2n) is 5.02. The molecule has 0 radical (unpaired) electrons. The fourth-order valence-electron chi connectivity index (χ4n) is 2.06. The minimum atomic E-state index is -4.72. The van der Waals surface area contributed by atoms with Crippen LogP contribution in [0.1, 0.15) is 11.3 Å². The number of aryl methyl sites for hydroxylation is 2. The molecule has 0 aliphatic carbocycles. The van der Waals surface area contributed by atoms with E-state index in [1.54, 1.807) is 6.92 Å². The van der Waals surface area contributed by atoms with E-state index in [2.05, 4.69) is 5.10 Å². The van der Waals surface area contributed by atoms with Crippen molar-refractivity contribution in [2.75, 3.05) is 5.75 Å². The van der Waals surface area contributed by atoms with Gasteiger partial charge in [0.15, 0.2) is 5.69 Å². The first-order valence-electron chi connectivity index (χ1n) is 6.50. The highest BCUT2D eigenvalue weighted by molar-refractivity contribution is 7.99. The number of aromatic nitrogens is 2. The molecule has 0 bridgehead atoms. The van der Waals surface area contributed by atoms with E-state index in [1.807, 2.05) is 0 Å². The van der Waals surface area contributed by atoms with Crippen molar-refractivity contribution >= 4 is 23.4 Å². The molecule has 1 heterocycles. The van der Waals surface area contributed by atoms with Crippen molar-refractivity contribution in [1.82, 2.24) is 9.78 Å². The first kappa shape index (κ1) is 19.0. The van der Waals surface area contributed by atoms with Crippen LogP contribution in [0, 0.1) is 6.92 Å². The Morgan fingerprint density at radius 2 is 1.79 bits per heavy atom. The minimum Gasteiger partial charge on any atom is -0.266 e. The lowest BCUT2D eigenvalue weighted by atomic mass is 10.1. The molecule has 2 nitrogen and oxygen atoms in total. The van der Waals surface area contributed by atoms with Gasteiger partial charge in [-0.15, -0.1) is 11.8 Å². The van der Waals surface area contributed by atoms with E-state index in [4.69, 9.17) is 11.6 Å². The molecule has 0 aliphatic rings. The van der Waals surface area contributed by atoms with Gasteiger partial charge >= 0.3 is 12.4 Å². The predicted octanol–water partition coefficient (Wildman–Crippen LogP) is 5.72. The normalized spacial score (nSPS) is 12.7. The van der Waals surface area contributed by atoms with Crippen LogP contribution in [0.25, 0.3) is 11.3 Å². The number of thioether (sulfide) groups is 1. The number of nitrogens with zero attached hydrogens (tertiary/aromatic N) is 2. The molecule has 0 spiro atoms. The lowest BCUT2D eigenvalue weighted by molar-refractivity contribution is -0.141. The van der Waals surface area contributed by atoms with E-state index in [9.17, 15) is 26.3 Å². The summed E-state index contributed by atoms with van der Waals surface area (Å²) < 4.78 is 76.7. The molecule has 0 amide bonds. The highest BCUT2D eigenvalue weighted by Gasteiger charge is 2.38. The molecule has 10 heteroatoms. The van der Waals surface area contributed by atoms with Gasteiger partial charge in [-0.25, -0.2) is 0 Å². The molecule has 0 saturated carbocycles. The molecule has 0 atom stereocenters.